The number of para-hydroxylation sites is 1. The monoisotopic (exact) mass is 314 g/mol. The first kappa shape index (κ1) is 15.6. The fraction of sp³-hybridized carbons (Fsp3) is 0.333. The maximum atomic E-state index is 14.0. The highest BCUT2D eigenvalue weighted by Crippen LogP contribution is 2.23. The molecular weight excluding hydrogens is 295 g/mol. The summed E-state index contributed by atoms with van der Waals surface area (Å²) in [5.74, 6) is -0.873. The minimum Gasteiger partial charge on any atom is -0.391 e. The molecule has 0 saturated heterocycles. The van der Waals surface area contributed by atoms with E-state index in [-0.39, 0.29) is 17.3 Å². The van der Waals surface area contributed by atoms with Gasteiger partial charge in [0.2, 0.25) is 0 Å². The number of aliphatic hydroxyl groups is 1. The number of hydrogen-bond donors (Lipinski definition) is 2. The number of carbonyl (C=O) groups is 1. The predicted molar refractivity (Wildman–Crippen MR) is 87.5 cm³/mol. The first-order valence-corrected chi connectivity index (χ1v) is 7.81. The fourth-order valence-corrected chi connectivity index (χ4v) is 3.05. The number of aliphatic hydroxyl groups excluding tert-OH is 1. The Labute approximate surface area is 134 Å². The third-order valence-corrected chi connectivity index (χ3v) is 4.32. The van der Waals surface area contributed by atoms with Crippen LogP contribution in [0.3, 0.4) is 0 Å². The molecule has 1 fully saturated rings. The van der Waals surface area contributed by atoms with E-state index in [1.807, 2.05) is 0 Å². The third-order valence-electron chi connectivity index (χ3n) is 4.32. The summed E-state index contributed by atoms with van der Waals surface area (Å²) in [5.41, 5.74) is 0.943. The number of halogens is 1. The number of amides is 1. The molecule has 1 amide bonds. The molecule has 4 nitrogen and oxygen atoms in total. The van der Waals surface area contributed by atoms with Crippen molar-refractivity contribution in [2.75, 3.05) is 0 Å². The van der Waals surface area contributed by atoms with Crippen LogP contribution in [0.5, 0.6) is 0 Å². The normalized spacial score (nSPS) is 21.1. The molecule has 1 aromatic carbocycles. The van der Waals surface area contributed by atoms with E-state index in [1.165, 1.54) is 6.07 Å². The number of hydrogen-bond acceptors (Lipinski definition) is 3. The van der Waals surface area contributed by atoms with E-state index in [1.54, 1.807) is 24.3 Å². The Morgan fingerprint density at radius 1 is 1.39 bits per heavy atom. The van der Waals surface area contributed by atoms with Crippen molar-refractivity contribution in [3.05, 3.63) is 47.9 Å². The van der Waals surface area contributed by atoms with Gasteiger partial charge in [0.05, 0.1) is 12.1 Å². The molecule has 1 aromatic heterocycles. The van der Waals surface area contributed by atoms with Crippen molar-refractivity contribution in [1.29, 1.82) is 0 Å². The van der Waals surface area contributed by atoms with Gasteiger partial charge in [-0.3, -0.25) is 4.79 Å². The zero-order valence-corrected chi connectivity index (χ0v) is 12.8. The standard InChI is InChI=1S/C18H19FN2O2/c1-2-11-10-15(20-17-12(11)6-5-7-13(17)19)18(23)21-14-8-3-4-9-16(14)22/h2,5-7,10,14,16,22H,1,3-4,8-9H2,(H,21,23)/t14-,16-/m0/s1. The molecule has 3 rings (SSSR count). The number of fused-ring (bicyclic) bond motifs is 1. The van der Waals surface area contributed by atoms with Crippen LogP contribution in [0.4, 0.5) is 4.39 Å². The average molecular weight is 314 g/mol. The number of aromatic nitrogens is 1. The lowest BCUT2D eigenvalue weighted by Crippen LogP contribution is -2.45. The molecule has 2 N–H and O–H groups in total. The molecule has 2 aromatic rings. The van der Waals surface area contributed by atoms with Gasteiger partial charge in [-0.25, -0.2) is 9.37 Å². The molecule has 1 aliphatic carbocycles. The zero-order chi connectivity index (χ0) is 16.4. The molecule has 23 heavy (non-hydrogen) atoms. The van der Waals surface area contributed by atoms with Crippen LogP contribution in [0.15, 0.2) is 30.8 Å². The number of benzene rings is 1. The SMILES string of the molecule is C=Cc1cc(C(=O)N[C@H]2CCCC[C@@H]2O)nc2c(F)cccc12. The molecule has 1 heterocycles. The van der Waals surface area contributed by atoms with E-state index in [0.29, 0.717) is 17.4 Å². The number of carbonyl (C=O) groups excluding carboxylic acids is 1. The van der Waals surface area contributed by atoms with Gasteiger partial charge in [0.25, 0.3) is 5.91 Å². The van der Waals surface area contributed by atoms with Gasteiger partial charge in [0.15, 0.2) is 0 Å². The van der Waals surface area contributed by atoms with Gasteiger partial charge in [0, 0.05) is 5.39 Å². The van der Waals surface area contributed by atoms with E-state index in [2.05, 4.69) is 16.9 Å². The van der Waals surface area contributed by atoms with Crippen molar-refractivity contribution in [3.63, 3.8) is 0 Å². The van der Waals surface area contributed by atoms with Crippen molar-refractivity contribution >= 4 is 22.9 Å². The Hall–Kier alpha value is -2.27. The van der Waals surface area contributed by atoms with Crippen LogP contribution in [-0.4, -0.2) is 28.1 Å². The van der Waals surface area contributed by atoms with Gasteiger partial charge in [0.1, 0.15) is 17.0 Å². The van der Waals surface area contributed by atoms with Crippen molar-refractivity contribution in [2.45, 2.75) is 37.8 Å². The van der Waals surface area contributed by atoms with Crippen LogP contribution in [0.1, 0.15) is 41.7 Å². The molecule has 2 atom stereocenters. The quantitative estimate of drug-likeness (QED) is 0.915. The number of nitrogens with one attached hydrogen (secondary N) is 1. The summed E-state index contributed by atoms with van der Waals surface area (Å²) in [6.45, 7) is 3.72. The van der Waals surface area contributed by atoms with E-state index >= 15 is 0 Å². The van der Waals surface area contributed by atoms with Crippen LogP contribution in [0.2, 0.25) is 0 Å². The molecule has 0 bridgehead atoms. The number of nitrogens with zero attached hydrogens (tertiary/aromatic N) is 1. The van der Waals surface area contributed by atoms with E-state index in [0.717, 1.165) is 19.3 Å². The maximum absolute atomic E-state index is 14.0. The Balaban J connectivity index is 1.94. The second-order valence-electron chi connectivity index (χ2n) is 5.87. The van der Waals surface area contributed by atoms with Gasteiger partial charge >= 0.3 is 0 Å². The van der Waals surface area contributed by atoms with Crippen molar-refractivity contribution in [3.8, 4) is 0 Å². The summed E-state index contributed by atoms with van der Waals surface area (Å²) >= 11 is 0. The van der Waals surface area contributed by atoms with Crippen LogP contribution in [0.25, 0.3) is 17.0 Å². The summed E-state index contributed by atoms with van der Waals surface area (Å²) in [4.78, 5) is 16.6. The fourth-order valence-electron chi connectivity index (χ4n) is 3.05. The van der Waals surface area contributed by atoms with E-state index in [4.69, 9.17) is 0 Å². The minimum absolute atomic E-state index is 0.135. The Morgan fingerprint density at radius 2 is 2.17 bits per heavy atom. The van der Waals surface area contributed by atoms with Crippen molar-refractivity contribution in [2.24, 2.45) is 0 Å². The smallest absolute Gasteiger partial charge is 0.270 e. The lowest BCUT2D eigenvalue weighted by atomic mass is 9.92. The summed E-state index contributed by atoms with van der Waals surface area (Å²) in [6, 6.07) is 5.98. The Morgan fingerprint density at radius 3 is 2.91 bits per heavy atom. The van der Waals surface area contributed by atoms with E-state index < -0.39 is 17.8 Å². The molecule has 0 radical (unpaired) electrons. The second-order valence-corrected chi connectivity index (χ2v) is 5.87. The van der Waals surface area contributed by atoms with Crippen molar-refractivity contribution in [1.82, 2.24) is 10.3 Å². The topological polar surface area (TPSA) is 62.2 Å². The lowest BCUT2D eigenvalue weighted by molar-refractivity contribution is 0.0714. The van der Waals surface area contributed by atoms with Crippen LogP contribution >= 0.6 is 0 Å². The van der Waals surface area contributed by atoms with Crippen LogP contribution in [-0.2, 0) is 0 Å². The first-order valence-electron chi connectivity index (χ1n) is 7.81. The van der Waals surface area contributed by atoms with Gasteiger partial charge in [-0.15, -0.1) is 0 Å². The highest BCUT2D eigenvalue weighted by Gasteiger charge is 2.25. The molecule has 0 aliphatic heterocycles. The van der Waals surface area contributed by atoms with Gasteiger partial charge < -0.3 is 10.4 Å². The summed E-state index contributed by atoms with van der Waals surface area (Å²) in [5, 5.41) is 13.4. The molecule has 0 unspecified atom stereocenters. The Kier molecular flexibility index (Phi) is 4.39. The molecule has 1 saturated carbocycles. The van der Waals surface area contributed by atoms with Crippen molar-refractivity contribution < 1.29 is 14.3 Å². The number of rotatable bonds is 3. The zero-order valence-electron chi connectivity index (χ0n) is 12.8. The molecule has 0 spiro atoms. The molecular formula is C18H19FN2O2. The minimum atomic E-state index is -0.538. The molecule has 1 aliphatic rings. The largest absolute Gasteiger partial charge is 0.391 e. The third kappa shape index (κ3) is 3.10. The predicted octanol–water partition coefficient (Wildman–Crippen LogP) is 3.05. The highest BCUT2D eigenvalue weighted by atomic mass is 19.1. The average Bonchev–Trinajstić information content (AvgIpc) is 2.56. The van der Waals surface area contributed by atoms with Gasteiger partial charge in [-0.1, -0.05) is 37.6 Å². The van der Waals surface area contributed by atoms with Crippen LogP contribution in [0, 0.1) is 5.82 Å². The maximum Gasteiger partial charge on any atom is 0.270 e. The highest BCUT2D eigenvalue weighted by molar-refractivity contribution is 5.98. The van der Waals surface area contributed by atoms with Crippen LogP contribution < -0.4 is 5.32 Å². The molecule has 120 valence electrons. The second kappa shape index (κ2) is 6.46. The molecule has 5 heteroatoms. The lowest BCUT2D eigenvalue weighted by Gasteiger charge is -2.28. The van der Waals surface area contributed by atoms with Gasteiger partial charge in [-0.05, 0) is 30.5 Å². The van der Waals surface area contributed by atoms with Gasteiger partial charge in [-0.2, -0.15) is 0 Å². The Bertz CT molecular complexity index is 760. The number of pyridine rings is 1. The summed E-state index contributed by atoms with van der Waals surface area (Å²) in [6.07, 6.45) is 4.40. The first-order chi connectivity index (χ1) is 11.1. The van der Waals surface area contributed by atoms with E-state index in [9.17, 15) is 14.3 Å². The summed E-state index contributed by atoms with van der Waals surface area (Å²) in [7, 11) is 0. The summed E-state index contributed by atoms with van der Waals surface area (Å²) < 4.78 is 14.0.